The molecule has 0 aliphatic rings. The Balaban J connectivity index is 0.000000765. The first-order valence-electron chi connectivity index (χ1n) is 35.7. The number of nitrogens with zero attached hydrogens (tertiary/aromatic N) is 4. The van der Waals surface area contributed by atoms with Crippen molar-refractivity contribution < 1.29 is 140 Å². The molecule has 116 heavy (non-hydrogen) atoms. The first-order chi connectivity index (χ1) is 50.7. The first kappa shape index (κ1) is 105. The number of alkyl halides is 12. The second-order valence-corrected chi connectivity index (χ2v) is 34.9. The SMILES string of the molecule is CC(C)(C)c1cc(C=Nc2ccccc2OC(F)(F)F)c([O-])c(C(C)(C)C)c1.CC(C)(C)c1cc(C=Nc2ccccc2OC(F)(F)F)c([O-])c(C(C)(C)C)c1.CC(C)(C)c1cc(C=Nc2ccccc2OC(F)(F)F)c([O-])c(C(C)(C)C)c1.CC(C)(C)c1cc(C=Nc2ccccc2OC(F)(F)F)c([O-])c(C(C)(C)C)c1.[O-2].[O-2].[V+4].[V+4]. The number of halogens is 12. The Morgan fingerprint density at radius 1 is 0.241 bits per heavy atom. The van der Waals surface area contributed by atoms with Crippen molar-refractivity contribution >= 4 is 47.6 Å². The molecule has 14 nitrogen and oxygen atoms in total. The summed E-state index contributed by atoms with van der Waals surface area (Å²) in [4.78, 5) is 16.5. The Bertz CT molecular complexity index is 4100. The molecule has 0 amide bonds. The number of ether oxygens (including phenoxy) is 4. The molecule has 626 valence electrons. The molecule has 2 radical (unpaired) electrons. The molecule has 8 rings (SSSR count). The van der Waals surface area contributed by atoms with Crippen LogP contribution in [0.1, 0.15) is 233 Å². The van der Waals surface area contributed by atoms with Crippen LogP contribution in [-0.4, -0.2) is 50.3 Å². The molecular formula is C88H100F12N4O10V2. The monoisotopic (exact) mass is 1700 g/mol. The molecule has 0 saturated carbocycles. The summed E-state index contributed by atoms with van der Waals surface area (Å²) < 4.78 is 167. The third kappa shape index (κ3) is 32.5. The smallest absolute Gasteiger partial charge is 2.00 e. The maximum absolute atomic E-state index is 12.9. The molecule has 0 spiro atoms. The van der Waals surface area contributed by atoms with Crippen molar-refractivity contribution in [2.45, 2.75) is 235 Å². The van der Waals surface area contributed by atoms with Crippen LogP contribution in [0.4, 0.5) is 75.4 Å². The summed E-state index contributed by atoms with van der Waals surface area (Å²) in [6.45, 7) is 47.8. The molecule has 0 bridgehead atoms. The van der Waals surface area contributed by atoms with Crippen molar-refractivity contribution in [3.63, 3.8) is 0 Å². The Kier molecular flexibility index (Phi) is 36.3. The van der Waals surface area contributed by atoms with Gasteiger partial charge in [0.1, 0.15) is 22.7 Å². The van der Waals surface area contributed by atoms with Gasteiger partial charge in [0.2, 0.25) is 0 Å². The maximum atomic E-state index is 12.9. The van der Waals surface area contributed by atoms with Gasteiger partial charge in [-0.25, -0.2) is 0 Å². The molecule has 0 fully saturated rings. The van der Waals surface area contributed by atoms with Crippen LogP contribution >= 0.6 is 0 Å². The molecule has 0 aliphatic carbocycles. The fourth-order valence-electron chi connectivity index (χ4n) is 10.6. The number of para-hydroxylation sites is 8. The molecule has 0 saturated heterocycles. The summed E-state index contributed by atoms with van der Waals surface area (Å²) in [6.07, 6.45) is -14.0. The van der Waals surface area contributed by atoms with E-state index in [4.69, 9.17) is 0 Å². The van der Waals surface area contributed by atoms with Crippen LogP contribution < -0.4 is 39.4 Å². The summed E-state index contributed by atoms with van der Waals surface area (Å²) in [7, 11) is 0. The molecule has 0 atom stereocenters. The fourth-order valence-corrected chi connectivity index (χ4v) is 10.6. The Hall–Kier alpha value is -8.91. The van der Waals surface area contributed by atoms with Gasteiger partial charge in [-0.1, -0.05) is 286 Å². The van der Waals surface area contributed by atoms with Crippen LogP contribution in [0.5, 0.6) is 46.0 Å². The van der Waals surface area contributed by atoms with Gasteiger partial charge in [0.15, 0.2) is 23.0 Å². The Morgan fingerprint density at radius 2 is 0.388 bits per heavy atom. The van der Waals surface area contributed by atoms with E-state index in [0.29, 0.717) is 44.5 Å². The van der Waals surface area contributed by atoms with Crippen LogP contribution in [0.15, 0.2) is 166 Å². The van der Waals surface area contributed by atoms with E-state index in [-0.39, 0.29) is 137 Å². The van der Waals surface area contributed by atoms with Crippen molar-refractivity contribution in [3.8, 4) is 46.0 Å². The van der Waals surface area contributed by atoms with Crippen molar-refractivity contribution in [3.05, 3.63) is 212 Å². The molecule has 0 N–H and O–H groups in total. The van der Waals surface area contributed by atoms with Gasteiger partial charge in [-0.05, 0) is 159 Å². The van der Waals surface area contributed by atoms with Crippen molar-refractivity contribution in [1.29, 1.82) is 0 Å². The van der Waals surface area contributed by atoms with E-state index in [9.17, 15) is 73.1 Å². The summed E-state index contributed by atoms with van der Waals surface area (Å²) >= 11 is 0. The van der Waals surface area contributed by atoms with Crippen molar-refractivity contribution in [1.82, 2.24) is 0 Å². The van der Waals surface area contributed by atoms with E-state index in [2.05, 4.69) is 38.9 Å². The summed E-state index contributed by atoms with van der Waals surface area (Å²) in [6, 6.07) is 36.9. The van der Waals surface area contributed by atoms with Crippen molar-refractivity contribution in [2.75, 3.05) is 0 Å². The third-order valence-electron chi connectivity index (χ3n) is 16.9. The van der Waals surface area contributed by atoms with E-state index in [1.54, 1.807) is 48.5 Å². The zero-order valence-electron chi connectivity index (χ0n) is 69.5. The van der Waals surface area contributed by atoms with Crippen LogP contribution in [-0.2, 0) is 91.4 Å². The molecule has 0 heterocycles. The predicted molar refractivity (Wildman–Crippen MR) is 416 cm³/mol. The molecule has 0 unspecified atom stereocenters. The van der Waals surface area contributed by atoms with Crippen LogP contribution in [0.25, 0.3) is 0 Å². The first-order valence-corrected chi connectivity index (χ1v) is 35.7. The predicted octanol–water partition coefficient (Wildman–Crippen LogP) is 23.8. The zero-order chi connectivity index (χ0) is 85.3. The number of hydrogen-bond donors (Lipinski definition) is 0. The largest absolute Gasteiger partial charge is 4.00 e. The summed E-state index contributed by atoms with van der Waals surface area (Å²) in [5.74, 6) is -2.39. The molecule has 8 aromatic carbocycles. The fraction of sp³-hybridized carbons (Fsp3) is 0.409. The number of benzene rings is 8. The topological polar surface area (TPSA) is 236 Å². The van der Waals surface area contributed by atoms with E-state index < -0.39 is 48.4 Å². The molecule has 28 heteroatoms. The van der Waals surface area contributed by atoms with E-state index in [1.807, 2.05) is 190 Å². The average molecular weight is 1700 g/mol. The average Bonchev–Trinajstić information content (AvgIpc) is 0.798. The standard InChI is InChI=1S/4C22H26F3NO2.2O.2V/c4*1-20(2,3)15-11-14(19(27)16(12-15)21(4,5)6)13-26-17-9-7-8-10-18(17)28-22(23,24)25;;;;/h4*7-13,27H,1-6H3;;;;/q;;;;2*-2;2*+4/p-4. The van der Waals surface area contributed by atoms with Gasteiger partial charge in [-0.3, -0.25) is 20.0 Å². The van der Waals surface area contributed by atoms with Gasteiger partial charge in [0, 0.05) is 24.9 Å². The second-order valence-electron chi connectivity index (χ2n) is 34.9. The number of hydrogen-bond acceptors (Lipinski definition) is 12. The number of rotatable bonds is 12. The van der Waals surface area contributed by atoms with Crippen molar-refractivity contribution in [2.24, 2.45) is 20.0 Å². The van der Waals surface area contributed by atoms with Gasteiger partial charge < -0.3 is 50.3 Å². The minimum absolute atomic E-state index is 0. The maximum Gasteiger partial charge on any atom is 4.00 e. The van der Waals surface area contributed by atoms with Gasteiger partial charge in [0.05, 0.1) is 0 Å². The second kappa shape index (κ2) is 40.0. The molecular weight excluding hydrogens is 1600 g/mol. The molecule has 0 aliphatic heterocycles. The minimum Gasteiger partial charge on any atom is -2.00 e. The van der Waals surface area contributed by atoms with Gasteiger partial charge in [0.25, 0.3) is 0 Å². The quantitative estimate of drug-likeness (QED) is 0.0840. The van der Waals surface area contributed by atoms with E-state index >= 15 is 0 Å². The molecule has 0 aromatic heterocycles. The van der Waals surface area contributed by atoms with Gasteiger partial charge >= 0.3 is 62.6 Å². The Morgan fingerprint density at radius 3 is 0.517 bits per heavy atom. The summed E-state index contributed by atoms with van der Waals surface area (Å²) in [5.41, 5.74) is 5.40. The van der Waals surface area contributed by atoms with Crippen LogP contribution in [0, 0.1) is 0 Å². The van der Waals surface area contributed by atoms with Crippen LogP contribution in [0.2, 0.25) is 0 Å². The van der Waals surface area contributed by atoms with E-state index in [0.717, 1.165) is 22.3 Å². The van der Waals surface area contributed by atoms with E-state index in [1.165, 1.54) is 97.7 Å². The Labute approximate surface area is 697 Å². The molecule has 8 aromatic rings. The normalized spacial score (nSPS) is 12.7. The van der Waals surface area contributed by atoms with Gasteiger partial charge in [-0.2, -0.15) is 0 Å². The third-order valence-corrected chi connectivity index (χ3v) is 16.9. The van der Waals surface area contributed by atoms with Gasteiger partial charge in [-0.15, -0.1) is 52.7 Å². The minimum atomic E-state index is -4.82. The number of aliphatic imine (C=N–C) groups is 4. The summed E-state index contributed by atoms with van der Waals surface area (Å²) in [5, 5.41) is 51.7. The zero-order valence-corrected chi connectivity index (χ0v) is 72.3. The van der Waals surface area contributed by atoms with Crippen LogP contribution in [0.3, 0.4) is 0 Å².